The maximum absolute atomic E-state index is 12.4. The number of halogens is 3. The molecule has 1 fully saturated rings. The Bertz CT molecular complexity index is 171. The van der Waals surface area contributed by atoms with E-state index in [2.05, 4.69) is 0 Å². The topological polar surface area (TPSA) is 12.5 Å². The Morgan fingerprint density at radius 2 is 2.08 bits per heavy atom. The van der Waals surface area contributed by atoms with Gasteiger partial charge in [-0.15, -0.1) is 0 Å². The molecule has 1 aliphatic rings. The van der Waals surface area contributed by atoms with Gasteiger partial charge in [-0.1, -0.05) is 0 Å². The van der Waals surface area contributed by atoms with Crippen LogP contribution in [0.2, 0.25) is 0 Å². The molecular weight excluding hydrogens is 183 g/mol. The largest absolute Gasteiger partial charge is 0.393 e. The lowest BCUT2D eigenvalue weighted by Crippen LogP contribution is -2.39. The standard InChI is InChI=1S/C8H14F3NO/c1-12-4-3-6(8(9,10)11)7(12)5-13-2/h6-7H,3-5H2,1-2H3/t6-,7+/m0/s1. The Morgan fingerprint density at radius 3 is 2.54 bits per heavy atom. The summed E-state index contributed by atoms with van der Waals surface area (Å²) in [5, 5.41) is 0. The number of hydrogen-bond donors (Lipinski definition) is 0. The Balaban J connectivity index is 2.64. The molecule has 0 aromatic carbocycles. The number of ether oxygens (including phenoxy) is 1. The summed E-state index contributed by atoms with van der Waals surface area (Å²) in [6.07, 6.45) is -3.90. The zero-order chi connectivity index (χ0) is 10.1. The Labute approximate surface area is 75.7 Å². The summed E-state index contributed by atoms with van der Waals surface area (Å²) in [5.74, 6) is -1.22. The van der Waals surface area contributed by atoms with Crippen molar-refractivity contribution in [2.75, 3.05) is 27.3 Å². The van der Waals surface area contributed by atoms with E-state index in [1.807, 2.05) is 0 Å². The van der Waals surface area contributed by atoms with Gasteiger partial charge in [0.15, 0.2) is 0 Å². The highest BCUT2D eigenvalue weighted by molar-refractivity contribution is 4.89. The molecule has 0 aromatic heterocycles. The van der Waals surface area contributed by atoms with Crippen molar-refractivity contribution in [3.05, 3.63) is 0 Å². The molecule has 78 valence electrons. The second-order valence-corrected chi connectivity index (χ2v) is 3.44. The van der Waals surface area contributed by atoms with Crippen molar-refractivity contribution in [1.82, 2.24) is 4.90 Å². The van der Waals surface area contributed by atoms with Gasteiger partial charge in [-0.3, -0.25) is 0 Å². The van der Waals surface area contributed by atoms with Gasteiger partial charge in [0.25, 0.3) is 0 Å². The second kappa shape index (κ2) is 3.84. The minimum atomic E-state index is -4.09. The van der Waals surface area contributed by atoms with Crippen LogP contribution in [0.1, 0.15) is 6.42 Å². The fourth-order valence-electron chi connectivity index (χ4n) is 1.80. The first-order chi connectivity index (χ1) is 5.96. The van der Waals surface area contributed by atoms with E-state index in [9.17, 15) is 13.2 Å². The highest BCUT2D eigenvalue weighted by Gasteiger charge is 2.48. The van der Waals surface area contributed by atoms with E-state index in [1.54, 1.807) is 11.9 Å². The highest BCUT2D eigenvalue weighted by Crippen LogP contribution is 2.37. The molecule has 0 aliphatic carbocycles. The van der Waals surface area contributed by atoms with Crippen LogP contribution in [-0.2, 0) is 4.74 Å². The number of rotatable bonds is 2. The van der Waals surface area contributed by atoms with Crippen LogP contribution in [-0.4, -0.2) is 44.4 Å². The molecule has 0 unspecified atom stereocenters. The van der Waals surface area contributed by atoms with Gasteiger partial charge >= 0.3 is 6.18 Å². The normalized spacial score (nSPS) is 31.2. The molecule has 13 heavy (non-hydrogen) atoms. The molecule has 0 amide bonds. The summed E-state index contributed by atoms with van der Waals surface area (Å²) in [5.41, 5.74) is 0. The van der Waals surface area contributed by atoms with E-state index >= 15 is 0 Å². The zero-order valence-corrected chi connectivity index (χ0v) is 7.77. The molecule has 2 nitrogen and oxygen atoms in total. The Morgan fingerprint density at radius 1 is 1.46 bits per heavy atom. The third-order valence-electron chi connectivity index (χ3n) is 2.58. The third-order valence-corrected chi connectivity index (χ3v) is 2.58. The van der Waals surface area contributed by atoms with Crippen LogP contribution in [0.5, 0.6) is 0 Å². The molecule has 0 radical (unpaired) electrons. The summed E-state index contributed by atoms with van der Waals surface area (Å²) in [7, 11) is 3.13. The molecule has 0 bridgehead atoms. The first-order valence-corrected chi connectivity index (χ1v) is 4.22. The third kappa shape index (κ3) is 2.34. The van der Waals surface area contributed by atoms with Gasteiger partial charge < -0.3 is 9.64 Å². The molecule has 2 atom stereocenters. The van der Waals surface area contributed by atoms with E-state index in [4.69, 9.17) is 4.74 Å². The molecule has 1 rings (SSSR count). The molecule has 5 heteroatoms. The van der Waals surface area contributed by atoms with Crippen molar-refractivity contribution < 1.29 is 17.9 Å². The van der Waals surface area contributed by atoms with Gasteiger partial charge in [0.05, 0.1) is 12.5 Å². The summed E-state index contributed by atoms with van der Waals surface area (Å²) in [6.45, 7) is 0.652. The van der Waals surface area contributed by atoms with Crippen LogP contribution in [0.4, 0.5) is 13.2 Å². The minimum absolute atomic E-state index is 0.153. The molecular formula is C8H14F3NO. The molecule has 1 heterocycles. The van der Waals surface area contributed by atoms with Crippen molar-refractivity contribution in [2.24, 2.45) is 5.92 Å². The molecule has 0 aromatic rings. The number of nitrogens with zero attached hydrogens (tertiary/aromatic N) is 1. The molecule has 1 saturated heterocycles. The number of likely N-dealkylation sites (N-methyl/N-ethyl adjacent to an activating group) is 1. The van der Waals surface area contributed by atoms with Crippen LogP contribution in [0.25, 0.3) is 0 Å². The summed E-state index contributed by atoms with van der Waals surface area (Å²) in [4.78, 5) is 1.71. The fourth-order valence-corrected chi connectivity index (χ4v) is 1.80. The smallest absolute Gasteiger partial charge is 0.383 e. The average molecular weight is 197 g/mol. The van der Waals surface area contributed by atoms with E-state index in [0.717, 1.165) is 0 Å². The van der Waals surface area contributed by atoms with Gasteiger partial charge in [-0.25, -0.2) is 0 Å². The lowest BCUT2D eigenvalue weighted by molar-refractivity contribution is -0.183. The number of likely N-dealkylation sites (tertiary alicyclic amines) is 1. The maximum Gasteiger partial charge on any atom is 0.393 e. The van der Waals surface area contributed by atoms with Crippen molar-refractivity contribution in [3.8, 4) is 0 Å². The average Bonchev–Trinajstić information content (AvgIpc) is 2.32. The van der Waals surface area contributed by atoms with Gasteiger partial charge in [-0.05, 0) is 20.0 Å². The van der Waals surface area contributed by atoms with Crippen LogP contribution in [0, 0.1) is 5.92 Å². The van der Waals surface area contributed by atoms with Crippen molar-refractivity contribution in [2.45, 2.75) is 18.6 Å². The predicted molar refractivity (Wildman–Crippen MR) is 42.5 cm³/mol. The fraction of sp³-hybridized carbons (Fsp3) is 1.00. The van der Waals surface area contributed by atoms with Crippen LogP contribution in [0.15, 0.2) is 0 Å². The second-order valence-electron chi connectivity index (χ2n) is 3.44. The Hall–Kier alpha value is -0.290. The number of alkyl halides is 3. The highest BCUT2D eigenvalue weighted by atomic mass is 19.4. The van der Waals surface area contributed by atoms with Gasteiger partial charge in [-0.2, -0.15) is 13.2 Å². The van der Waals surface area contributed by atoms with Crippen LogP contribution in [0.3, 0.4) is 0 Å². The zero-order valence-electron chi connectivity index (χ0n) is 7.77. The molecule has 0 spiro atoms. The van der Waals surface area contributed by atoms with E-state index < -0.39 is 18.1 Å². The molecule has 0 saturated carbocycles. The van der Waals surface area contributed by atoms with E-state index in [1.165, 1.54) is 7.11 Å². The Kier molecular flexibility index (Phi) is 3.18. The van der Waals surface area contributed by atoms with Crippen molar-refractivity contribution >= 4 is 0 Å². The van der Waals surface area contributed by atoms with E-state index in [0.29, 0.717) is 6.54 Å². The predicted octanol–water partition coefficient (Wildman–Crippen LogP) is 1.52. The summed E-state index contributed by atoms with van der Waals surface area (Å²) >= 11 is 0. The lowest BCUT2D eigenvalue weighted by Gasteiger charge is -2.25. The number of hydrogen-bond acceptors (Lipinski definition) is 2. The molecule has 0 N–H and O–H groups in total. The summed E-state index contributed by atoms with van der Waals surface area (Å²) in [6, 6.07) is -0.509. The first kappa shape index (κ1) is 10.8. The SMILES string of the molecule is COC[C@@H]1[C@@H](C(F)(F)F)CCN1C. The van der Waals surface area contributed by atoms with Crippen LogP contribution < -0.4 is 0 Å². The van der Waals surface area contributed by atoms with Crippen molar-refractivity contribution in [1.29, 1.82) is 0 Å². The number of methoxy groups -OCH3 is 1. The lowest BCUT2D eigenvalue weighted by atomic mass is 10.0. The van der Waals surface area contributed by atoms with E-state index in [-0.39, 0.29) is 13.0 Å². The monoisotopic (exact) mass is 197 g/mol. The summed E-state index contributed by atoms with van der Waals surface area (Å²) < 4.78 is 42.1. The quantitative estimate of drug-likeness (QED) is 0.665. The first-order valence-electron chi connectivity index (χ1n) is 4.22. The maximum atomic E-state index is 12.4. The minimum Gasteiger partial charge on any atom is -0.383 e. The van der Waals surface area contributed by atoms with Gasteiger partial charge in [0.1, 0.15) is 0 Å². The molecule has 1 aliphatic heterocycles. The van der Waals surface area contributed by atoms with Gasteiger partial charge in [0.2, 0.25) is 0 Å². The van der Waals surface area contributed by atoms with Crippen molar-refractivity contribution in [3.63, 3.8) is 0 Å². The van der Waals surface area contributed by atoms with Crippen LogP contribution >= 0.6 is 0 Å². The van der Waals surface area contributed by atoms with Gasteiger partial charge in [0, 0.05) is 13.2 Å².